The van der Waals surface area contributed by atoms with Crippen LogP contribution < -0.4 is 20.1 Å². The van der Waals surface area contributed by atoms with Crippen LogP contribution in [0.2, 0.25) is 0 Å². The summed E-state index contributed by atoms with van der Waals surface area (Å²) in [6.45, 7) is 7.25. The number of ether oxygens (including phenoxy) is 2. The number of aliphatic imine (C=N–C) groups is 1. The standard InChI is InChI=1S/C17H27N3O2S.HI/c1-5-10-23-11-9-19-17(18-3)20-13-14(2)22-16-8-6-7-15(12-16)21-4;/h5-8,12,14H,1,9-11,13H2,2-4H3,(H2,18,19,20);1H. The minimum Gasteiger partial charge on any atom is -0.497 e. The third kappa shape index (κ3) is 9.92. The number of benzene rings is 1. The minimum absolute atomic E-state index is 0. The summed E-state index contributed by atoms with van der Waals surface area (Å²) in [5, 5.41) is 6.54. The normalized spacial score (nSPS) is 11.9. The summed E-state index contributed by atoms with van der Waals surface area (Å²) in [7, 11) is 3.41. The quantitative estimate of drug-likeness (QED) is 0.183. The molecule has 0 saturated heterocycles. The van der Waals surface area contributed by atoms with Gasteiger partial charge in [-0.3, -0.25) is 4.99 Å². The summed E-state index contributed by atoms with van der Waals surface area (Å²) in [6.07, 6.45) is 1.92. The summed E-state index contributed by atoms with van der Waals surface area (Å²) in [4.78, 5) is 4.20. The van der Waals surface area contributed by atoms with Crippen molar-refractivity contribution in [1.29, 1.82) is 0 Å². The molecule has 1 unspecified atom stereocenters. The number of hydrogen-bond donors (Lipinski definition) is 2. The predicted molar refractivity (Wildman–Crippen MR) is 115 cm³/mol. The van der Waals surface area contributed by atoms with E-state index in [9.17, 15) is 0 Å². The molecule has 0 spiro atoms. The Morgan fingerprint density at radius 1 is 1.38 bits per heavy atom. The highest BCUT2D eigenvalue weighted by Crippen LogP contribution is 2.19. The van der Waals surface area contributed by atoms with Gasteiger partial charge in [0.05, 0.1) is 13.7 Å². The van der Waals surface area contributed by atoms with Gasteiger partial charge in [0, 0.05) is 31.2 Å². The topological polar surface area (TPSA) is 54.9 Å². The van der Waals surface area contributed by atoms with Gasteiger partial charge < -0.3 is 20.1 Å². The number of rotatable bonds is 10. The van der Waals surface area contributed by atoms with Gasteiger partial charge in [-0.25, -0.2) is 0 Å². The van der Waals surface area contributed by atoms with Crippen LogP contribution in [0, 0.1) is 0 Å². The number of halogens is 1. The summed E-state index contributed by atoms with van der Waals surface area (Å²) in [6, 6.07) is 7.60. The van der Waals surface area contributed by atoms with E-state index >= 15 is 0 Å². The lowest BCUT2D eigenvalue weighted by molar-refractivity contribution is 0.223. The van der Waals surface area contributed by atoms with E-state index in [1.165, 1.54) is 0 Å². The monoisotopic (exact) mass is 465 g/mol. The Morgan fingerprint density at radius 3 is 2.79 bits per heavy atom. The lowest BCUT2D eigenvalue weighted by Crippen LogP contribution is -2.42. The lowest BCUT2D eigenvalue weighted by atomic mass is 10.3. The first kappa shape index (κ1) is 22.9. The molecule has 2 N–H and O–H groups in total. The molecule has 1 rings (SSSR count). The fourth-order valence-corrected chi connectivity index (χ4v) is 2.40. The van der Waals surface area contributed by atoms with Gasteiger partial charge in [0.1, 0.15) is 17.6 Å². The van der Waals surface area contributed by atoms with Crippen LogP contribution in [0.5, 0.6) is 11.5 Å². The Labute approximate surface area is 166 Å². The number of thioether (sulfide) groups is 1. The van der Waals surface area contributed by atoms with Crippen molar-refractivity contribution in [3.8, 4) is 11.5 Å². The van der Waals surface area contributed by atoms with Crippen molar-refractivity contribution in [2.45, 2.75) is 13.0 Å². The first-order valence-corrected chi connectivity index (χ1v) is 8.79. The summed E-state index contributed by atoms with van der Waals surface area (Å²) >= 11 is 1.84. The molecule has 0 aliphatic rings. The molecule has 5 nitrogen and oxygen atoms in total. The molecule has 0 aromatic heterocycles. The van der Waals surface area contributed by atoms with Gasteiger partial charge >= 0.3 is 0 Å². The van der Waals surface area contributed by atoms with Crippen molar-refractivity contribution in [3.63, 3.8) is 0 Å². The zero-order chi connectivity index (χ0) is 16.9. The van der Waals surface area contributed by atoms with E-state index in [-0.39, 0.29) is 30.1 Å². The average molecular weight is 465 g/mol. The second-order valence-corrected chi connectivity index (χ2v) is 6.00. The smallest absolute Gasteiger partial charge is 0.191 e. The van der Waals surface area contributed by atoms with Gasteiger partial charge in [-0.05, 0) is 19.1 Å². The van der Waals surface area contributed by atoms with Gasteiger partial charge in [-0.2, -0.15) is 11.8 Å². The van der Waals surface area contributed by atoms with Crippen molar-refractivity contribution in [1.82, 2.24) is 10.6 Å². The van der Waals surface area contributed by atoms with E-state index < -0.39 is 0 Å². The maximum absolute atomic E-state index is 5.87. The van der Waals surface area contributed by atoms with E-state index in [1.54, 1.807) is 14.2 Å². The van der Waals surface area contributed by atoms with Crippen molar-refractivity contribution in [3.05, 3.63) is 36.9 Å². The Balaban J connectivity index is 0.00000529. The Kier molecular flexibility index (Phi) is 13.6. The highest BCUT2D eigenvalue weighted by Gasteiger charge is 2.06. The zero-order valence-corrected chi connectivity index (χ0v) is 17.7. The molecule has 0 heterocycles. The third-order valence-electron chi connectivity index (χ3n) is 2.93. The Morgan fingerprint density at radius 2 is 2.12 bits per heavy atom. The van der Waals surface area contributed by atoms with E-state index in [2.05, 4.69) is 22.2 Å². The average Bonchev–Trinajstić information content (AvgIpc) is 2.57. The van der Waals surface area contributed by atoms with Crippen LogP contribution in [-0.4, -0.2) is 50.8 Å². The Hall–Kier alpha value is -1.09. The molecule has 1 aromatic carbocycles. The molecule has 136 valence electrons. The van der Waals surface area contributed by atoms with Crippen LogP contribution in [0.3, 0.4) is 0 Å². The van der Waals surface area contributed by atoms with Crippen LogP contribution in [0.25, 0.3) is 0 Å². The van der Waals surface area contributed by atoms with E-state index in [0.717, 1.165) is 35.5 Å². The molecule has 0 bridgehead atoms. The maximum atomic E-state index is 5.87. The molecule has 0 fully saturated rings. The van der Waals surface area contributed by atoms with Crippen molar-refractivity contribution in [2.24, 2.45) is 4.99 Å². The van der Waals surface area contributed by atoms with E-state index in [1.807, 2.05) is 49.0 Å². The molecule has 7 heteroatoms. The van der Waals surface area contributed by atoms with E-state index in [4.69, 9.17) is 9.47 Å². The number of guanidine groups is 1. The SMILES string of the molecule is C=CCSCCNC(=NC)NCC(C)Oc1cccc(OC)c1.I. The molecular formula is C17H28IN3O2S. The molecule has 0 aliphatic heterocycles. The predicted octanol–water partition coefficient (Wildman–Crippen LogP) is 3.16. The lowest BCUT2D eigenvalue weighted by Gasteiger charge is -2.18. The third-order valence-corrected chi connectivity index (χ3v) is 3.90. The van der Waals surface area contributed by atoms with Gasteiger partial charge in [0.2, 0.25) is 0 Å². The van der Waals surface area contributed by atoms with Crippen LogP contribution in [-0.2, 0) is 0 Å². The van der Waals surface area contributed by atoms with Crippen LogP contribution in [0.4, 0.5) is 0 Å². The fourth-order valence-electron chi connectivity index (χ4n) is 1.82. The fraction of sp³-hybridized carbons (Fsp3) is 0.471. The van der Waals surface area contributed by atoms with Crippen molar-refractivity contribution in [2.75, 3.05) is 38.8 Å². The summed E-state index contributed by atoms with van der Waals surface area (Å²) in [5.74, 6) is 4.35. The molecule has 0 amide bonds. The second-order valence-electron chi connectivity index (χ2n) is 4.85. The first-order chi connectivity index (χ1) is 11.2. The molecule has 0 radical (unpaired) electrons. The molecule has 1 atom stereocenters. The van der Waals surface area contributed by atoms with Crippen molar-refractivity contribution >= 4 is 41.7 Å². The molecular weight excluding hydrogens is 437 g/mol. The van der Waals surface area contributed by atoms with Crippen molar-refractivity contribution < 1.29 is 9.47 Å². The largest absolute Gasteiger partial charge is 0.497 e. The van der Waals surface area contributed by atoms with Crippen LogP contribution in [0.15, 0.2) is 41.9 Å². The second kappa shape index (κ2) is 14.3. The summed E-state index contributed by atoms with van der Waals surface area (Å²) < 4.78 is 11.1. The molecule has 24 heavy (non-hydrogen) atoms. The molecule has 0 saturated carbocycles. The molecule has 0 aliphatic carbocycles. The van der Waals surface area contributed by atoms with Gasteiger partial charge in [-0.15, -0.1) is 30.6 Å². The number of nitrogens with zero attached hydrogens (tertiary/aromatic N) is 1. The highest BCUT2D eigenvalue weighted by atomic mass is 127. The zero-order valence-electron chi connectivity index (χ0n) is 14.6. The summed E-state index contributed by atoms with van der Waals surface area (Å²) in [5.41, 5.74) is 0. The van der Waals surface area contributed by atoms with Gasteiger partial charge in [0.15, 0.2) is 5.96 Å². The molecule has 1 aromatic rings. The maximum Gasteiger partial charge on any atom is 0.191 e. The van der Waals surface area contributed by atoms with E-state index in [0.29, 0.717) is 6.54 Å². The minimum atomic E-state index is 0. The highest BCUT2D eigenvalue weighted by molar-refractivity contribution is 14.0. The van der Waals surface area contributed by atoms with Gasteiger partial charge in [0.25, 0.3) is 0 Å². The number of nitrogens with one attached hydrogen (secondary N) is 2. The number of methoxy groups -OCH3 is 1. The number of hydrogen-bond acceptors (Lipinski definition) is 4. The first-order valence-electron chi connectivity index (χ1n) is 7.63. The van der Waals surface area contributed by atoms with Gasteiger partial charge in [-0.1, -0.05) is 12.1 Å². The Bertz CT molecular complexity index is 500. The van der Waals surface area contributed by atoms with Crippen LogP contribution >= 0.6 is 35.7 Å². The van der Waals surface area contributed by atoms with Crippen LogP contribution in [0.1, 0.15) is 6.92 Å².